The van der Waals surface area contributed by atoms with Crippen molar-refractivity contribution in [3.8, 4) is 0 Å². The van der Waals surface area contributed by atoms with Gasteiger partial charge in [0.15, 0.2) is 5.84 Å². The molecule has 7 nitrogen and oxygen atoms in total. The van der Waals surface area contributed by atoms with E-state index in [1.165, 1.54) is 0 Å². The van der Waals surface area contributed by atoms with Crippen LogP contribution in [0.5, 0.6) is 0 Å². The number of nitrogens with two attached hydrogens (primary N) is 1. The summed E-state index contributed by atoms with van der Waals surface area (Å²) < 4.78 is 0. The number of hydrogen-bond acceptors (Lipinski definition) is 5. The molecule has 0 unspecified atom stereocenters. The van der Waals surface area contributed by atoms with Crippen molar-refractivity contribution >= 4 is 17.5 Å². The number of carboxylic acid groups (broad SMARTS) is 1. The number of amidine groups is 1. The van der Waals surface area contributed by atoms with Gasteiger partial charge >= 0.3 is 5.97 Å². The van der Waals surface area contributed by atoms with Gasteiger partial charge in [-0.2, -0.15) is 0 Å². The summed E-state index contributed by atoms with van der Waals surface area (Å²) in [4.78, 5) is 14.7. The molecular weight excluding hydrogens is 166 g/mol. The van der Waals surface area contributed by atoms with Gasteiger partial charge in [0.25, 0.3) is 0 Å². The summed E-state index contributed by atoms with van der Waals surface area (Å²) in [6.45, 7) is 1.82. The predicted octanol–water partition coefficient (Wildman–Crippen LogP) is -0.790. The van der Waals surface area contributed by atoms with Crippen molar-refractivity contribution in [3.63, 3.8) is 0 Å². The lowest BCUT2D eigenvalue weighted by Gasteiger charge is -1.97. The Kier molecular flexibility index (Phi) is 4.20. The number of nitrogens with zero attached hydrogens (tertiary/aromatic N) is 2. The van der Waals surface area contributed by atoms with E-state index >= 15 is 0 Å². The van der Waals surface area contributed by atoms with Crippen molar-refractivity contribution in [2.24, 2.45) is 16.0 Å². The Labute approximate surface area is 68.1 Å². The number of carboxylic acids is 1. The summed E-state index contributed by atoms with van der Waals surface area (Å²) in [5, 5.41) is 22.1. The van der Waals surface area contributed by atoms with E-state index in [0.29, 0.717) is 0 Å². The normalized spacial score (nSPS) is 12.8. The average molecular weight is 175 g/mol. The fourth-order valence-electron chi connectivity index (χ4n) is 0.372. The lowest BCUT2D eigenvalue weighted by atomic mass is 10.3. The molecule has 0 saturated heterocycles. The first-order chi connectivity index (χ1) is 5.63. The van der Waals surface area contributed by atoms with Crippen LogP contribution in [-0.2, 0) is 9.63 Å². The smallest absolute Gasteiger partial charge is 0.361 e. The molecule has 0 aromatic carbocycles. The lowest BCUT2D eigenvalue weighted by Crippen LogP contribution is -2.31. The molecule has 0 bridgehead atoms. The van der Waals surface area contributed by atoms with E-state index < -0.39 is 17.5 Å². The van der Waals surface area contributed by atoms with E-state index in [1.54, 1.807) is 6.92 Å². The molecule has 0 aliphatic rings. The number of rotatable bonds is 4. The van der Waals surface area contributed by atoms with E-state index in [-0.39, 0.29) is 6.61 Å². The van der Waals surface area contributed by atoms with Crippen LogP contribution in [0.3, 0.4) is 0 Å². The molecular formula is C5H9N3O4. The number of carbonyl (C=O) groups is 1. The van der Waals surface area contributed by atoms with Crippen LogP contribution in [0.25, 0.3) is 0 Å². The minimum Gasteiger partial charge on any atom is -0.476 e. The molecule has 0 aliphatic carbocycles. The number of hydrogen-bond donors (Lipinski definition) is 3. The Hall–Kier alpha value is -1.79. The first-order valence-corrected chi connectivity index (χ1v) is 3.04. The van der Waals surface area contributed by atoms with E-state index in [9.17, 15) is 4.79 Å². The molecule has 0 aromatic heterocycles. The van der Waals surface area contributed by atoms with Gasteiger partial charge in [0.05, 0.1) is 0 Å². The van der Waals surface area contributed by atoms with Crippen LogP contribution in [0.1, 0.15) is 6.92 Å². The predicted molar refractivity (Wildman–Crippen MR) is 40.1 cm³/mol. The molecule has 0 aromatic rings. The first kappa shape index (κ1) is 10.2. The second-order valence-electron chi connectivity index (χ2n) is 1.65. The third-order valence-corrected chi connectivity index (χ3v) is 0.838. The molecule has 0 fully saturated rings. The zero-order valence-electron chi connectivity index (χ0n) is 6.39. The van der Waals surface area contributed by atoms with Crippen molar-refractivity contribution < 1.29 is 19.9 Å². The first-order valence-electron chi connectivity index (χ1n) is 3.04. The van der Waals surface area contributed by atoms with Crippen LogP contribution in [0, 0.1) is 0 Å². The highest BCUT2D eigenvalue weighted by atomic mass is 16.6. The Bertz CT molecular complexity index is 223. The van der Waals surface area contributed by atoms with Gasteiger partial charge < -0.3 is 20.9 Å². The van der Waals surface area contributed by atoms with Gasteiger partial charge in [-0.1, -0.05) is 10.3 Å². The molecule has 68 valence electrons. The maximum absolute atomic E-state index is 10.3. The monoisotopic (exact) mass is 175 g/mol. The van der Waals surface area contributed by atoms with E-state index in [2.05, 4.69) is 15.1 Å². The van der Waals surface area contributed by atoms with E-state index in [1.807, 2.05) is 0 Å². The van der Waals surface area contributed by atoms with Crippen molar-refractivity contribution in [3.05, 3.63) is 0 Å². The third kappa shape index (κ3) is 2.86. The zero-order valence-corrected chi connectivity index (χ0v) is 6.39. The summed E-state index contributed by atoms with van der Waals surface area (Å²) in [5.41, 5.74) is 4.34. The standard InChI is InChI=1S/C5H9N3O4/c1-2-12-8-3(5(9)10)4(6)7-11/h11H,2H2,1H3,(H2,6,7)(H,9,10). The third-order valence-electron chi connectivity index (χ3n) is 0.838. The van der Waals surface area contributed by atoms with Crippen molar-refractivity contribution in [1.29, 1.82) is 0 Å². The van der Waals surface area contributed by atoms with E-state index in [0.717, 1.165) is 0 Å². The summed E-state index contributed by atoms with van der Waals surface area (Å²) in [7, 11) is 0. The molecule has 12 heavy (non-hydrogen) atoms. The topological polar surface area (TPSA) is 118 Å². The SMILES string of the molecule is CCON=C(C(=O)O)C(N)=NO. The van der Waals surface area contributed by atoms with E-state index in [4.69, 9.17) is 16.0 Å². The molecule has 0 radical (unpaired) electrons. The van der Waals surface area contributed by atoms with Gasteiger partial charge in [-0.15, -0.1) is 0 Å². The summed E-state index contributed by atoms with van der Waals surface area (Å²) >= 11 is 0. The van der Waals surface area contributed by atoms with Gasteiger partial charge in [0, 0.05) is 0 Å². The van der Waals surface area contributed by atoms with Crippen LogP contribution in [0.2, 0.25) is 0 Å². The van der Waals surface area contributed by atoms with Gasteiger partial charge in [-0.3, -0.25) is 0 Å². The molecule has 0 saturated carbocycles. The lowest BCUT2D eigenvalue weighted by molar-refractivity contribution is -0.129. The fraction of sp³-hybridized carbons (Fsp3) is 0.400. The van der Waals surface area contributed by atoms with Gasteiger partial charge in [0.1, 0.15) is 6.61 Å². The second-order valence-corrected chi connectivity index (χ2v) is 1.65. The van der Waals surface area contributed by atoms with Crippen molar-refractivity contribution in [1.82, 2.24) is 0 Å². The molecule has 0 heterocycles. The quantitative estimate of drug-likeness (QED) is 0.224. The zero-order chi connectivity index (χ0) is 9.56. The van der Waals surface area contributed by atoms with Crippen LogP contribution in [0.4, 0.5) is 0 Å². The molecule has 0 amide bonds. The van der Waals surface area contributed by atoms with Gasteiger partial charge in [-0.05, 0) is 6.92 Å². The summed E-state index contributed by atoms with van der Waals surface area (Å²) in [6.07, 6.45) is 0. The molecule has 0 aliphatic heterocycles. The Balaban J connectivity index is 4.55. The number of aliphatic carboxylic acids is 1. The molecule has 7 heteroatoms. The molecule has 0 atom stereocenters. The van der Waals surface area contributed by atoms with Gasteiger partial charge in [-0.25, -0.2) is 4.79 Å². The average Bonchev–Trinajstić information content (AvgIpc) is 2.04. The van der Waals surface area contributed by atoms with Crippen LogP contribution in [-0.4, -0.2) is 34.4 Å². The Morgan fingerprint density at radius 1 is 1.67 bits per heavy atom. The highest BCUT2D eigenvalue weighted by Crippen LogP contribution is 1.83. The highest BCUT2D eigenvalue weighted by molar-refractivity contribution is 6.64. The maximum Gasteiger partial charge on any atom is 0.361 e. The minimum atomic E-state index is -1.42. The second kappa shape index (κ2) is 4.94. The van der Waals surface area contributed by atoms with Gasteiger partial charge in [0.2, 0.25) is 5.71 Å². The van der Waals surface area contributed by atoms with Crippen LogP contribution < -0.4 is 5.73 Å². The Morgan fingerprint density at radius 3 is 2.58 bits per heavy atom. The van der Waals surface area contributed by atoms with Crippen molar-refractivity contribution in [2.45, 2.75) is 6.92 Å². The largest absolute Gasteiger partial charge is 0.476 e. The fourth-order valence-corrected chi connectivity index (χ4v) is 0.372. The molecule has 4 N–H and O–H groups in total. The van der Waals surface area contributed by atoms with Crippen LogP contribution >= 0.6 is 0 Å². The maximum atomic E-state index is 10.3. The van der Waals surface area contributed by atoms with Crippen molar-refractivity contribution in [2.75, 3.05) is 6.61 Å². The molecule has 0 spiro atoms. The highest BCUT2D eigenvalue weighted by Gasteiger charge is 2.15. The molecule has 0 rings (SSSR count). The number of oxime groups is 2. The van der Waals surface area contributed by atoms with Crippen LogP contribution in [0.15, 0.2) is 10.3 Å². The summed E-state index contributed by atoms with van der Waals surface area (Å²) in [5.74, 6) is -2.02. The Morgan fingerprint density at radius 2 is 2.25 bits per heavy atom. The summed E-state index contributed by atoms with van der Waals surface area (Å²) in [6, 6.07) is 0. The minimum absolute atomic E-state index is 0.204.